The van der Waals surface area contributed by atoms with Crippen LogP contribution in [0.2, 0.25) is 5.15 Å². The summed E-state index contributed by atoms with van der Waals surface area (Å²) in [6, 6.07) is 3.33. The molecule has 0 fully saturated rings. The van der Waals surface area contributed by atoms with Gasteiger partial charge in [-0.2, -0.15) is 0 Å². The maximum atomic E-state index is 12.6. The summed E-state index contributed by atoms with van der Waals surface area (Å²) in [5.41, 5.74) is 2.89. The number of ether oxygens (including phenoxy) is 1. The van der Waals surface area contributed by atoms with Crippen LogP contribution < -0.4 is 4.74 Å². The van der Waals surface area contributed by atoms with E-state index < -0.39 is 6.86 Å². The number of carbonyl (C=O) groups excluding carboxylic acids is 1. The molecule has 0 spiro atoms. The van der Waals surface area contributed by atoms with Gasteiger partial charge in [0.1, 0.15) is 5.15 Å². The highest BCUT2D eigenvalue weighted by Crippen LogP contribution is 2.34. The van der Waals surface area contributed by atoms with Crippen molar-refractivity contribution in [1.29, 1.82) is 0 Å². The molecule has 0 radical (unpaired) electrons. The molecule has 1 atom stereocenters. The van der Waals surface area contributed by atoms with E-state index in [1.165, 1.54) is 6.20 Å². The summed E-state index contributed by atoms with van der Waals surface area (Å²) in [6.45, 7) is 3.19. The van der Waals surface area contributed by atoms with Gasteiger partial charge in [-0.3, -0.25) is 4.79 Å². The Morgan fingerprint density at radius 3 is 2.91 bits per heavy atom. The van der Waals surface area contributed by atoms with Crippen molar-refractivity contribution in [3.63, 3.8) is 0 Å². The fraction of sp³-hybridized carbons (Fsp3) is 0.312. The van der Waals surface area contributed by atoms with Crippen LogP contribution in [0.4, 0.5) is 4.39 Å². The number of halogens is 2. The molecular weight excluding hydrogens is 321 g/mol. The zero-order valence-electron chi connectivity index (χ0n) is 12.7. The number of amides is 1. The fourth-order valence-electron chi connectivity index (χ4n) is 2.72. The molecule has 0 N–H and O–H groups in total. The Bertz CT molecular complexity index is 769. The zero-order valence-corrected chi connectivity index (χ0v) is 13.5. The lowest BCUT2D eigenvalue weighted by Crippen LogP contribution is -2.27. The first-order valence-electron chi connectivity index (χ1n) is 7.12. The first-order valence-corrected chi connectivity index (χ1v) is 7.50. The minimum atomic E-state index is -0.922. The number of fused-ring (bicyclic) bond motifs is 1. The number of carbonyl (C=O) groups is 1. The molecule has 0 bridgehead atoms. The molecule has 23 heavy (non-hydrogen) atoms. The molecule has 0 aliphatic carbocycles. The number of alkyl halides is 1. The van der Waals surface area contributed by atoms with Crippen molar-refractivity contribution in [2.45, 2.75) is 26.4 Å². The van der Waals surface area contributed by atoms with Crippen molar-refractivity contribution in [3.05, 3.63) is 51.9 Å². The van der Waals surface area contributed by atoms with Crippen molar-refractivity contribution in [3.8, 4) is 5.88 Å². The molecule has 3 rings (SSSR count). The number of nitrogens with zero attached hydrogens (tertiary/aromatic N) is 3. The van der Waals surface area contributed by atoms with E-state index in [0.29, 0.717) is 17.3 Å². The second kappa shape index (κ2) is 6.12. The van der Waals surface area contributed by atoms with Gasteiger partial charge in [0.2, 0.25) is 12.7 Å². The van der Waals surface area contributed by atoms with Gasteiger partial charge in [-0.25, -0.2) is 14.4 Å². The third-order valence-corrected chi connectivity index (χ3v) is 4.34. The van der Waals surface area contributed by atoms with E-state index in [4.69, 9.17) is 16.3 Å². The number of hydrogen-bond acceptors (Lipinski definition) is 4. The van der Waals surface area contributed by atoms with Crippen LogP contribution in [0.5, 0.6) is 5.88 Å². The summed E-state index contributed by atoms with van der Waals surface area (Å²) in [5, 5.41) is 0.353. The van der Waals surface area contributed by atoms with E-state index in [9.17, 15) is 9.18 Å². The number of aromatic nitrogens is 2. The summed E-state index contributed by atoms with van der Waals surface area (Å²) in [7, 11) is 0. The Labute approximate surface area is 138 Å². The summed E-state index contributed by atoms with van der Waals surface area (Å²) in [5.74, 6) is 0.172. The molecule has 1 aliphatic rings. The highest BCUT2D eigenvalue weighted by molar-refractivity contribution is 6.30. The van der Waals surface area contributed by atoms with E-state index in [1.54, 1.807) is 24.1 Å². The van der Waals surface area contributed by atoms with Gasteiger partial charge >= 0.3 is 0 Å². The van der Waals surface area contributed by atoms with Crippen LogP contribution in [0.1, 0.15) is 40.0 Å². The lowest BCUT2D eigenvalue weighted by atomic mass is 10.1. The van der Waals surface area contributed by atoms with Crippen LogP contribution in [0, 0.1) is 6.92 Å². The first kappa shape index (κ1) is 15.7. The summed E-state index contributed by atoms with van der Waals surface area (Å²) < 4.78 is 17.1. The van der Waals surface area contributed by atoms with Crippen LogP contribution in [0.3, 0.4) is 0 Å². The minimum Gasteiger partial charge on any atom is -0.446 e. The summed E-state index contributed by atoms with van der Waals surface area (Å²) in [6.07, 6.45) is 3.13. The van der Waals surface area contributed by atoms with Gasteiger partial charge in [0.15, 0.2) is 0 Å². The van der Waals surface area contributed by atoms with Crippen LogP contribution >= 0.6 is 11.6 Å². The largest absolute Gasteiger partial charge is 0.446 e. The van der Waals surface area contributed by atoms with E-state index in [2.05, 4.69) is 9.97 Å². The summed E-state index contributed by atoms with van der Waals surface area (Å²) >= 11 is 6.08. The maximum absolute atomic E-state index is 12.6. The molecule has 0 saturated carbocycles. The van der Waals surface area contributed by atoms with Crippen LogP contribution in [0.15, 0.2) is 24.5 Å². The Balaban J connectivity index is 1.87. The fourth-order valence-corrected chi connectivity index (χ4v) is 2.94. The molecule has 120 valence electrons. The highest BCUT2D eigenvalue weighted by Gasteiger charge is 2.33. The topological polar surface area (TPSA) is 55.3 Å². The number of rotatable bonds is 4. The Hall–Kier alpha value is -2.21. The molecule has 1 aliphatic heterocycles. The van der Waals surface area contributed by atoms with Gasteiger partial charge in [-0.15, -0.1) is 0 Å². The normalized spacial score (nSPS) is 14.8. The number of hydrogen-bond donors (Lipinski definition) is 0. The van der Waals surface area contributed by atoms with Gasteiger partial charge < -0.3 is 9.64 Å². The molecule has 0 saturated heterocycles. The van der Waals surface area contributed by atoms with Crippen molar-refractivity contribution in [2.75, 3.05) is 6.86 Å². The SMILES string of the molecule is Cc1cc(C(C)N2Cc3c(ccnc3Cl)C2=O)cnc1OCF. The van der Waals surface area contributed by atoms with Gasteiger partial charge in [0, 0.05) is 29.1 Å². The maximum Gasteiger partial charge on any atom is 0.255 e. The molecule has 3 heterocycles. The molecule has 1 unspecified atom stereocenters. The van der Waals surface area contributed by atoms with Crippen LogP contribution in [-0.4, -0.2) is 27.6 Å². The zero-order chi connectivity index (χ0) is 16.6. The van der Waals surface area contributed by atoms with E-state index in [0.717, 1.165) is 16.7 Å². The Kier molecular flexibility index (Phi) is 4.17. The molecule has 5 nitrogen and oxygen atoms in total. The molecule has 2 aromatic heterocycles. The monoisotopic (exact) mass is 335 g/mol. The first-order chi connectivity index (χ1) is 11.0. The number of aryl methyl sites for hydroxylation is 1. The van der Waals surface area contributed by atoms with Crippen molar-refractivity contribution < 1.29 is 13.9 Å². The van der Waals surface area contributed by atoms with Crippen molar-refractivity contribution >= 4 is 17.5 Å². The van der Waals surface area contributed by atoms with E-state index >= 15 is 0 Å². The van der Waals surface area contributed by atoms with Gasteiger partial charge in [-0.1, -0.05) is 11.6 Å². The Morgan fingerprint density at radius 2 is 2.26 bits per heavy atom. The van der Waals surface area contributed by atoms with Gasteiger partial charge in [0.05, 0.1) is 12.6 Å². The lowest BCUT2D eigenvalue weighted by Gasteiger charge is -2.25. The molecule has 0 aromatic carbocycles. The predicted molar refractivity (Wildman–Crippen MR) is 83.1 cm³/mol. The average molecular weight is 336 g/mol. The molecule has 7 heteroatoms. The standard InChI is InChI=1S/C16H15ClFN3O2/c1-9-5-11(6-20-15(9)23-8-18)10(2)21-7-13-12(16(21)22)3-4-19-14(13)17/h3-6,10H,7-8H2,1-2H3. The van der Waals surface area contributed by atoms with Crippen LogP contribution in [-0.2, 0) is 6.54 Å². The van der Waals surface area contributed by atoms with E-state index in [-0.39, 0.29) is 17.8 Å². The third kappa shape index (κ3) is 2.74. The predicted octanol–water partition coefficient (Wildman–Crippen LogP) is 3.46. The molecule has 2 aromatic rings. The van der Waals surface area contributed by atoms with Crippen molar-refractivity contribution in [2.24, 2.45) is 0 Å². The smallest absolute Gasteiger partial charge is 0.255 e. The quantitative estimate of drug-likeness (QED) is 0.803. The minimum absolute atomic E-state index is 0.0847. The van der Waals surface area contributed by atoms with Gasteiger partial charge in [-0.05, 0) is 31.5 Å². The number of pyridine rings is 2. The van der Waals surface area contributed by atoms with Gasteiger partial charge in [0.25, 0.3) is 5.91 Å². The van der Waals surface area contributed by atoms with Crippen molar-refractivity contribution in [1.82, 2.24) is 14.9 Å². The third-order valence-electron chi connectivity index (χ3n) is 4.02. The summed E-state index contributed by atoms with van der Waals surface area (Å²) in [4.78, 5) is 22.4. The highest BCUT2D eigenvalue weighted by atomic mass is 35.5. The second-order valence-corrected chi connectivity index (χ2v) is 5.74. The van der Waals surface area contributed by atoms with E-state index in [1.807, 2.05) is 13.0 Å². The lowest BCUT2D eigenvalue weighted by molar-refractivity contribution is 0.0715. The average Bonchev–Trinajstić information content (AvgIpc) is 2.87. The van der Waals surface area contributed by atoms with Crippen LogP contribution in [0.25, 0.3) is 0 Å². The molecular formula is C16H15ClFN3O2. The Morgan fingerprint density at radius 1 is 1.48 bits per heavy atom. The molecule has 1 amide bonds. The second-order valence-electron chi connectivity index (χ2n) is 5.38.